The van der Waals surface area contributed by atoms with Crippen molar-refractivity contribution in [3.63, 3.8) is 0 Å². The standard InChI is InChI=1S/C12H16N2O4/c1-7(13)11(16)18-12(17)10(14)6-8-2-4-9(15)5-3-8/h2-5,7,10,15H,6,13-14H2,1H3/t7-,10-/m0/s1. The number of aromatic hydroxyl groups is 1. The van der Waals surface area contributed by atoms with E-state index < -0.39 is 24.0 Å². The van der Waals surface area contributed by atoms with Gasteiger partial charge in [0, 0.05) is 0 Å². The van der Waals surface area contributed by atoms with E-state index in [-0.39, 0.29) is 12.2 Å². The van der Waals surface area contributed by atoms with Crippen molar-refractivity contribution in [2.75, 3.05) is 0 Å². The van der Waals surface area contributed by atoms with E-state index in [4.69, 9.17) is 16.6 Å². The predicted octanol–water partition coefficient (Wildman–Crippen LogP) is -0.321. The van der Waals surface area contributed by atoms with Crippen molar-refractivity contribution in [2.24, 2.45) is 11.5 Å². The molecule has 6 heteroatoms. The Morgan fingerprint density at radius 3 is 2.28 bits per heavy atom. The molecule has 0 saturated heterocycles. The topological polar surface area (TPSA) is 116 Å². The van der Waals surface area contributed by atoms with Crippen LogP contribution in [0.25, 0.3) is 0 Å². The summed E-state index contributed by atoms with van der Waals surface area (Å²) < 4.78 is 4.49. The fraction of sp³-hybridized carbons (Fsp3) is 0.333. The Hall–Kier alpha value is -1.92. The molecule has 0 spiro atoms. The van der Waals surface area contributed by atoms with E-state index in [1.165, 1.54) is 19.1 Å². The largest absolute Gasteiger partial charge is 0.508 e. The summed E-state index contributed by atoms with van der Waals surface area (Å²) >= 11 is 0. The molecule has 0 aliphatic heterocycles. The van der Waals surface area contributed by atoms with Gasteiger partial charge in [0.15, 0.2) is 0 Å². The molecule has 0 saturated carbocycles. The summed E-state index contributed by atoms with van der Waals surface area (Å²) in [6.45, 7) is 1.42. The van der Waals surface area contributed by atoms with Crippen LogP contribution in [0.2, 0.25) is 0 Å². The number of phenols is 1. The van der Waals surface area contributed by atoms with Gasteiger partial charge in [0.1, 0.15) is 17.8 Å². The summed E-state index contributed by atoms with van der Waals surface area (Å²) in [6.07, 6.45) is 0.214. The summed E-state index contributed by atoms with van der Waals surface area (Å²) in [5.74, 6) is -1.49. The third kappa shape index (κ3) is 4.15. The Morgan fingerprint density at radius 1 is 1.22 bits per heavy atom. The van der Waals surface area contributed by atoms with E-state index in [0.29, 0.717) is 0 Å². The van der Waals surface area contributed by atoms with Gasteiger partial charge in [-0.2, -0.15) is 0 Å². The Kier molecular flexibility index (Phi) is 4.82. The van der Waals surface area contributed by atoms with E-state index in [9.17, 15) is 9.59 Å². The molecule has 18 heavy (non-hydrogen) atoms. The number of hydrogen-bond acceptors (Lipinski definition) is 6. The van der Waals surface area contributed by atoms with Gasteiger partial charge >= 0.3 is 11.9 Å². The molecule has 0 aromatic heterocycles. The number of phenolic OH excluding ortho intramolecular Hbond substituents is 1. The fourth-order valence-corrected chi connectivity index (χ4v) is 1.24. The molecular formula is C12H16N2O4. The molecule has 1 aromatic rings. The SMILES string of the molecule is C[C@H](N)C(=O)OC(=O)[C@@H](N)Cc1ccc(O)cc1. The maximum atomic E-state index is 11.5. The maximum absolute atomic E-state index is 11.5. The van der Waals surface area contributed by atoms with Crippen molar-refractivity contribution in [1.82, 2.24) is 0 Å². The Morgan fingerprint density at radius 2 is 1.78 bits per heavy atom. The zero-order chi connectivity index (χ0) is 13.7. The van der Waals surface area contributed by atoms with Gasteiger partial charge in [0.2, 0.25) is 0 Å². The second kappa shape index (κ2) is 6.13. The minimum absolute atomic E-state index is 0.127. The van der Waals surface area contributed by atoms with Gasteiger partial charge in [-0.05, 0) is 31.0 Å². The lowest BCUT2D eigenvalue weighted by Crippen LogP contribution is -2.39. The Balaban J connectivity index is 2.54. The van der Waals surface area contributed by atoms with Crippen molar-refractivity contribution in [3.05, 3.63) is 29.8 Å². The summed E-state index contributed by atoms with van der Waals surface area (Å²) in [5, 5.41) is 9.10. The van der Waals surface area contributed by atoms with Crippen LogP contribution < -0.4 is 11.5 Å². The number of carbonyl (C=O) groups is 2. The number of esters is 2. The van der Waals surface area contributed by atoms with E-state index in [0.717, 1.165) is 5.56 Å². The van der Waals surface area contributed by atoms with Crippen LogP contribution in [0.1, 0.15) is 12.5 Å². The number of benzene rings is 1. The first-order valence-corrected chi connectivity index (χ1v) is 5.44. The highest BCUT2D eigenvalue weighted by atomic mass is 16.6. The number of ether oxygens (including phenoxy) is 1. The van der Waals surface area contributed by atoms with Crippen molar-refractivity contribution < 1.29 is 19.4 Å². The summed E-state index contributed by atoms with van der Waals surface area (Å²) in [7, 11) is 0. The maximum Gasteiger partial charge on any atom is 0.330 e. The van der Waals surface area contributed by atoms with E-state index in [2.05, 4.69) is 4.74 Å². The first-order chi connectivity index (χ1) is 8.40. The third-order valence-electron chi connectivity index (χ3n) is 2.27. The van der Waals surface area contributed by atoms with Gasteiger partial charge in [-0.15, -0.1) is 0 Å². The third-order valence-corrected chi connectivity index (χ3v) is 2.27. The van der Waals surface area contributed by atoms with Gasteiger partial charge < -0.3 is 21.3 Å². The van der Waals surface area contributed by atoms with Crippen molar-refractivity contribution in [3.8, 4) is 5.75 Å². The first kappa shape index (κ1) is 14.1. The molecule has 0 unspecified atom stereocenters. The molecule has 1 rings (SSSR count). The number of hydrogen-bond donors (Lipinski definition) is 3. The molecule has 0 radical (unpaired) electrons. The van der Waals surface area contributed by atoms with Crippen LogP contribution in [0.15, 0.2) is 24.3 Å². The zero-order valence-electron chi connectivity index (χ0n) is 10.00. The lowest BCUT2D eigenvalue weighted by atomic mass is 10.1. The average Bonchev–Trinajstić information content (AvgIpc) is 2.31. The molecule has 0 amide bonds. The van der Waals surface area contributed by atoms with Crippen molar-refractivity contribution >= 4 is 11.9 Å². The van der Waals surface area contributed by atoms with Crippen LogP contribution in [-0.4, -0.2) is 29.1 Å². The first-order valence-electron chi connectivity index (χ1n) is 5.44. The highest BCUT2D eigenvalue weighted by Crippen LogP contribution is 2.11. The molecule has 1 aromatic carbocycles. The Bertz CT molecular complexity index is 428. The van der Waals surface area contributed by atoms with Crippen LogP contribution in [0.4, 0.5) is 0 Å². The molecular weight excluding hydrogens is 236 g/mol. The predicted molar refractivity (Wildman–Crippen MR) is 64.5 cm³/mol. The molecule has 5 N–H and O–H groups in total. The van der Waals surface area contributed by atoms with Gasteiger partial charge in [0.05, 0.1) is 0 Å². The van der Waals surface area contributed by atoms with Crippen molar-refractivity contribution in [2.45, 2.75) is 25.4 Å². The van der Waals surface area contributed by atoms with Gasteiger partial charge in [0.25, 0.3) is 0 Å². The van der Waals surface area contributed by atoms with Gasteiger partial charge in [-0.1, -0.05) is 12.1 Å². The van der Waals surface area contributed by atoms with Gasteiger partial charge in [-0.25, -0.2) is 9.59 Å². The Labute approximate surface area is 105 Å². The number of carbonyl (C=O) groups excluding carboxylic acids is 2. The lowest BCUT2D eigenvalue weighted by Gasteiger charge is -2.11. The number of rotatable bonds is 4. The fourth-order valence-electron chi connectivity index (χ4n) is 1.24. The van der Waals surface area contributed by atoms with E-state index >= 15 is 0 Å². The quantitative estimate of drug-likeness (QED) is 0.499. The minimum Gasteiger partial charge on any atom is -0.508 e. The molecule has 6 nitrogen and oxygen atoms in total. The molecule has 0 fully saturated rings. The van der Waals surface area contributed by atoms with Crippen LogP contribution >= 0.6 is 0 Å². The lowest BCUT2D eigenvalue weighted by molar-refractivity contribution is -0.161. The zero-order valence-corrected chi connectivity index (χ0v) is 10.00. The minimum atomic E-state index is -0.947. The highest BCUT2D eigenvalue weighted by molar-refractivity contribution is 5.90. The van der Waals surface area contributed by atoms with Crippen LogP contribution in [0, 0.1) is 0 Å². The van der Waals surface area contributed by atoms with E-state index in [1.54, 1.807) is 12.1 Å². The molecule has 0 bridgehead atoms. The normalized spacial score (nSPS) is 13.7. The second-order valence-electron chi connectivity index (χ2n) is 4.01. The molecule has 98 valence electrons. The molecule has 2 atom stereocenters. The van der Waals surface area contributed by atoms with Crippen LogP contribution in [0.5, 0.6) is 5.75 Å². The number of nitrogens with two attached hydrogens (primary N) is 2. The summed E-state index contributed by atoms with van der Waals surface area (Å²) in [6, 6.07) is 4.43. The average molecular weight is 252 g/mol. The molecule has 0 heterocycles. The highest BCUT2D eigenvalue weighted by Gasteiger charge is 2.21. The second-order valence-corrected chi connectivity index (χ2v) is 4.01. The monoisotopic (exact) mass is 252 g/mol. The van der Waals surface area contributed by atoms with Crippen molar-refractivity contribution in [1.29, 1.82) is 0 Å². The molecule has 0 aliphatic rings. The smallest absolute Gasteiger partial charge is 0.330 e. The van der Waals surface area contributed by atoms with Crippen LogP contribution in [0.3, 0.4) is 0 Å². The summed E-state index contributed by atoms with van der Waals surface area (Å²) in [4.78, 5) is 22.6. The van der Waals surface area contributed by atoms with Gasteiger partial charge in [-0.3, -0.25) is 0 Å². The molecule has 0 aliphatic carbocycles. The van der Waals surface area contributed by atoms with Crippen LogP contribution in [-0.2, 0) is 20.7 Å². The van der Waals surface area contributed by atoms with E-state index in [1.807, 2.05) is 0 Å². The summed E-state index contributed by atoms with van der Waals surface area (Å²) in [5.41, 5.74) is 11.6.